The number of allylic oxidation sites excluding steroid dienone is 2. The van der Waals surface area contributed by atoms with E-state index in [4.69, 9.17) is 21.1 Å². The molecule has 0 heterocycles. The van der Waals surface area contributed by atoms with Crippen LogP contribution in [0.5, 0.6) is 11.5 Å². The standard InChI is InChI=1S/C30H37ClO4/c1-29-11-9-22(32)18-21(29)6-7-23-24(29)10-12-30(2)25(23)17-20(28(30)33)15-19-5-8-26(27(16-19)34-3)35-14-4-13-31/h5,8,15-16,18,23-25H,4,6-7,9-14,17H2,1-3H3/b20-15+/t23-,24+,25+,29+,30+/m1/s1. The molecule has 0 aliphatic heterocycles. The fraction of sp³-hybridized carbons (Fsp3) is 0.600. The molecule has 0 radical (unpaired) electrons. The molecule has 3 saturated carbocycles. The lowest BCUT2D eigenvalue weighted by atomic mass is 9.47. The van der Waals surface area contributed by atoms with Gasteiger partial charge in [0.1, 0.15) is 0 Å². The molecule has 0 aromatic heterocycles. The Hall–Kier alpha value is -2.07. The second-order valence-electron chi connectivity index (χ2n) is 11.4. The maximum Gasteiger partial charge on any atom is 0.165 e. The van der Waals surface area contributed by atoms with Gasteiger partial charge in [0.05, 0.1) is 13.7 Å². The van der Waals surface area contributed by atoms with Crippen LogP contribution in [0.15, 0.2) is 35.4 Å². The molecule has 0 saturated heterocycles. The Morgan fingerprint density at radius 1 is 1.06 bits per heavy atom. The number of hydrogen-bond acceptors (Lipinski definition) is 4. The van der Waals surface area contributed by atoms with Crippen molar-refractivity contribution in [3.05, 3.63) is 41.0 Å². The summed E-state index contributed by atoms with van der Waals surface area (Å²) >= 11 is 5.76. The zero-order chi connectivity index (χ0) is 24.8. The molecule has 4 aliphatic carbocycles. The quantitative estimate of drug-likeness (QED) is 0.247. The van der Waals surface area contributed by atoms with Gasteiger partial charge in [-0.1, -0.05) is 25.5 Å². The Labute approximate surface area is 214 Å². The van der Waals surface area contributed by atoms with Gasteiger partial charge in [-0.3, -0.25) is 9.59 Å². The first kappa shape index (κ1) is 24.6. The van der Waals surface area contributed by atoms with Crippen molar-refractivity contribution in [1.29, 1.82) is 0 Å². The van der Waals surface area contributed by atoms with Gasteiger partial charge < -0.3 is 9.47 Å². The molecule has 4 aliphatic rings. The summed E-state index contributed by atoms with van der Waals surface area (Å²) in [6, 6.07) is 5.88. The first-order valence-corrected chi connectivity index (χ1v) is 13.7. The molecule has 0 bridgehead atoms. The molecule has 4 nitrogen and oxygen atoms in total. The second kappa shape index (κ2) is 9.42. The third-order valence-corrected chi connectivity index (χ3v) is 9.93. The highest BCUT2D eigenvalue weighted by atomic mass is 35.5. The van der Waals surface area contributed by atoms with Gasteiger partial charge in [0, 0.05) is 17.7 Å². The fourth-order valence-corrected chi connectivity index (χ4v) is 7.80. The molecule has 0 amide bonds. The summed E-state index contributed by atoms with van der Waals surface area (Å²) in [4.78, 5) is 25.8. The van der Waals surface area contributed by atoms with Crippen LogP contribution in [-0.2, 0) is 9.59 Å². The lowest BCUT2D eigenvalue weighted by molar-refractivity contribution is -0.130. The van der Waals surface area contributed by atoms with Crippen LogP contribution in [0.2, 0.25) is 0 Å². The van der Waals surface area contributed by atoms with Crippen LogP contribution >= 0.6 is 11.6 Å². The Morgan fingerprint density at radius 3 is 2.66 bits per heavy atom. The number of ketones is 2. The zero-order valence-electron chi connectivity index (χ0n) is 21.2. The molecule has 5 heteroatoms. The number of ether oxygens (including phenoxy) is 2. The largest absolute Gasteiger partial charge is 0.493 e. The van der Waals surface area contributed by atoms with E-state index in [1.807, 2.05) is 24.3 Å². The van der Waals surface area contributed by atoms with E-state index in [0.29, 0.717) is 59.7 Å². The Kier molecular flexibility index (Phi) is 6.63. The number of carbonyl (C=O) groups is 2. The Balaban J connectivity index is 1.40. The van der Waals surface area contributed by atoms with Crippen LogP contribution in [-0.4, -0.2) is 31.2 Å². The molecular formula is C30H37ClO4. The molecule has 35 heavy (non-hydrogen) atoms. The second-order valence-corrected chi connectivity index (χ2v) is 11.8. The highest BCUT2D eigenvalue weighted by Gasteiger charge is 2.60. The minimum atomic E-state index is -0.274. The van der Waals surface area contributed by atoms with E-state index in [1.54, 1.807) is 7.11 Å². The van der Waals surface area contributed by atoms with Crippen molar-refractivity contribution >= 4 is 29.2 Å². The molecule has 0 unspecified atom stereocenters. The number of fused-ring (bicyclic) bond motifs is 5. The monoisotopic (exact) mass is 496 g/mol. The smallest absolute Gasteiger partial charge is 0.165 e. The normalized spacial score (nSPS) is 35.3. The fourth-order valence-electron chi connectivity index (χ4n) is 7.69. The van der Waals surface area contributed by atoms with Crippen molar-refractivity contribution in [2.75, 3.05) is 19.6 Å². The van der Waals surface area contributed by atoms with Crippen LogP contribution in [0.4, 0.5) is 0 Å². The third kappa shape index (κ3) is 4.16. The van der Waals surface area contributed by atoms with Crippen LogP contribution in [0.1, 0.15) is 70.8 Å². The van der Waals surface area contributed by atoms with Crippen molar-refractivity contribution in [3.8, 4) is 11.5 Å². The summed E-state index contributed by atoms with van der Waals surface area (Å²) in [6.45, 7) is 5.15. The molecule has 5 rings (SSSR count). The molecule has 1 aromatic carbocycles. The molecule has 0 spiro atoms. The topological polar surface area (TPSA) is 52.6 Å². The summed E-state index contributed by atoms with van der Waals surface area (Å²) in [6.07, 6.45) is 11.4. The van der Waals surface area contributed by atoms with E-state index in [1.165, 1.54) is 5.57 Å². The number of carbonyl (C=O) groups excluding carboxylic acids is 2. The molecular weight excluding hydrogens is 460 g/mol. The number of halogens is 1. The van der Waals surface area contributed by atoms with Crippen molar-refractivity contribution in [3.63, 3.8) is 0 Å². The predicted octanol–water partition coefficient (Wildman–Crippen LogP) is 6.80. The Morgan fingerprint density at radius 2 is 1.89 bits per heavy atom. The van der Waals surface area contributed by atoms with Gasteiger partial charge in [0.15, 0.2) is 23.1 Å². The maximum absolute atomic E-state index is 13.7. The van der Waals surface area contributed by atoms with E-state index in [-0.39, 0.29) is 10.8 Å². The number of Topliss-reactive ketones (excluding diaryl/α,β-unsaturated/α-hetero) is 1. The summed E-state index contributed by atoms with van der Waals surface area (Å²) in [7, 11) is 1.64. The zero-order valence-corrected chi connectivity index (χ0v) is 22.0. The molecule has 1 aromatic rings. The van der Waals surface area contributed by atoms with E-state index in [0.717, 1.165) is 56.1 Å². The van der Waals surface area contributed by atoms with Crippen LogP contribution in [0.25, 0.3) is 6.08 Å². The third-order valence-electron chi connectivity index (χ3n) is 9.67. The van der Waals surface area contributed by atoms with Gasteiger partial charge >= 0.3 is 0 Å². The first-order valence-electron chi connectivity index (χ1n) is 13.2. The van der Waals surface area contributed by atoms with Gasteiger partial charge in [-0.15, -0.1) is 11.6 Å². The highest BCUT2D eigenvalue weighted by molar-refractivity contribution is 6.17. The van der Waals surface area contributed by atoms with E-state index in [2.05, 4.69) is 19.9 Å². The predicted molar refractivity (Wildman–Crippen MR) is 139 cm³/mol. The summed E-state index contributed by atoms with van der Waals surface area (Å²) in [5.41, 5.74) is 3.14. The van der Waals surface area contributed by atoms with Gasteiger partial charge in [-0.25, -0.2) is 0 Å². The number of rotatable bonds is 6. The van der Waals surface area contributed by atoms with Crippen molar-refractivity contribution in [1.82, 2.24) is 0 Å². The SMILES string of the molecule is COc1cc(/C=C2\C[C@H]3[C@@H]4CCC5=CC(=O)CC[C@]5(C)[C@H]4CC[C@]3(C)C2=O)ccc1OCCCCl. The van der Waals surface area contributed by atoms with E-state index in [9.17, 15) is 9.59 Å². The lowest BCUT2D eigenvalue weighted by Gasteiger charge is -2.56. The van der Waals surface area contributed by atoms with Gasteiger partial charge in [-0.05, 0) is 104 Å². The highest BCUT2D eigenvalue weighted by Crippen LogP contribution is 2.65. The van der Waals surface area contributed by atoms with E-state index < -0.39 is 0 Å². The van der Waals surface area contributed by atoms with Crippen LogP contribution < -0.4 is 9.47 Å². The van der Waals surface area contributed by atoms with Crippen molar-refractivity contribution in [2.45, 2.75) is 65.2 Å². The van der Waals surface area contributed by atoms with Gasteiger partial charge in [0.2, 0.25) is 0 Å². The molecule has 0 N–H and O–H groups in total. The number of hydrogen-bond donors (Lipinski definition) is 0. The molecule has 188 valence electrons. The number of alkyl halides is 1. The van der Waals surface area contributed by atoms with Crippen molar-refractivity contribution in [2.24, 2.45) is 28.6 Å². The van der Waals surface area contributed by atoms with Crippen LogP contribution in [0, 0.1) is 28.6 Å². The molecule has 5 atom stereocenters. The van der Waals surface area contributed by atoms with Crippen LogP contribution in [0.3, 0.4) is 0 Å². The Bertz CT molecular complexity index is 1090. The van der Waals surface area contributed by atoms with Gasteiger partial charge in [-0.2, -0.15) is 0 Å². The summed E-state index contributed by atoms with van der Waals surface area (Å²) in [5.74, 6) is 4.07. The molecule has 3 fully saturated rings. The minimum Gasteiger partial charge on any atom is -0.493 e. The summed E-state index contributed by atoms with van der Waals surface area (Å²) in [5, 5.41) is 0. The maximum atomic E-state index is 13.7. The average molecular weight is 497 g/mol. The number of benzene rings is 1. The summed E-state index contributed by atoms with van der Waals surface area (Å²) < 4.78 is 11.4. The average Bonchev–Trinajstić information content (AvgIpc) is 3.10. The number of methoxy groups -OCH3 is 1. The first-order chi connectivity index (χ1) is 16.8. The lowest BCUT2D eigenvalue weighted by Crippen LogP contribution is -2.50. The van der Waals surface area contributed by atoms with Crippen molar-refractivity contribution < 1.29 is 19.1 Å². The minimum absolute atomic E-state index is 0.125. The van der Waals surface area contributed by atoms with Gasteiger partial charge in [0.25, 0.3) is 0 Å². The van der Waals surface area contributed by atoms with E-state index >= 15 is 0 Å².